The van der Waals surface area contributed by atoms with Crippen LogP contribution in [0.3, 0.4) is 0 Å². The molecule has 0 amide bonds. The number of benzene rings is 2. The molecule has 0 bridgehead atoms. The van der Waals surface area contributed by atoms with Crippen LogP contribution >= 0.6 is 0 Å². The standard InChI is InChI=1S/C14H12N2O4S/c17-16(18)12-6-8-13(9-7-12)21(19,20)15-10-14(15)11-4-2-1-3-5-11/h1-9,14H,10H2/t14-,15?/m0/s1. The second-order valence-corrected chi connectivity index (χ2v) is 6.64. The number of hydrogen-bond donors (Lipinski definition) is 0. The summed E-state index contributed by atoms with van der Waals surface area (Å²) in [7, 11) is -3.59. The van der Waals surface area contributed by atoms with Crippen molar-refractivity contribution in [2.24, 2.45) is 0 Å². The van der Waals surface area contributed by atoms with Crippen molar-refractivity contribution in [3.63, 3.8) is 0 Å². The average Bonchev–Trinajstić information content (AvgIpc) is 3.29. The van der Waals surface area contributed by atoms with Crippen LogP contribution in [0, 0.1) is 10.1 Å². The van der Waals surface area contributed by atoms with Crippen molar-refractivity contribution >= 4 is 15.7 Å². The Morgan fingerprint density at radius 3 is 2.24 bits per heavy atom. The number of non-ortho nitro benzene ring substituents is 1. The maximum absolute atomic E-state index is 12.4. The van der Waals surface area contributed by atoms with Crippen molar-refractivity contribution < 1.29 is 13.3 Å². The number of hydrogen-bond acceptors (Lipinski definition) is 4. The van der Waals surface area contributed by atoms with Crippen molar-refractivity contribution in [1.29, 1.82) is 0 Å². The SMILES string of the molecule is O=[N+]([O-])c1ccc(S(=O)(=O)N2C[C@H]2c2ccccc2)cc1. The summed E-state index contributed by atoms with van der Waals surface area (Å²) in [5.74, 6) is 0. The monoisotopic (exact) mass is 304 g/mol. The van der Waals surface area contributed by atoms with Gasteiger partial charge in [0.05, 0.1) is 15.9 Å². The summed E-state index contributed by atoms with van der Waals surface area (Å²) < 4.78 is 26.2. The van der Waals surface area contributed by atoms with Crippen LogP contribution < -0.4 is 0 Å². The van der Waals surface area contributed by atoms with E-state index < -0.39 is 14.9 Å². The van der Waals surface area contributed by atoms with E-state index in [4.69, 9.17) is 0 Å². The van der Waals surface area contributed by atoms with E-state index in [0.717, 1.165) is 5.56 Å². The average molecular weight is 304 g/mol. The zero-order valence-corrected chi connectivity index (χ0v) is 11.7. The van der Waals surface area contributed by atoms with E-state index in [1.807, 2.05) is 30.3 Å². The Balaban J connectivity index is 1.84. The molecule has 7 heteroatoms. The lowest BCUT2D eigenvalue weighted by molar-refractivity contribution is -0.384. The van der Waals surface area contributed by atoms with Gasteiger partial charge in [0.25, 0.3) is 5.69 Å². The molecule has 1 saturated heterocycles. The van der Waals surface area contributed by atoms with E-state index in [-0.39, 0.29) is 16.6 Å². The molecule has 6 nitrogen and oxygen atoms in total. The van der Waals surface area contributed by atoms with Gasteiger partial charge < -0.3 is 0 Å². The van der Waals surface area contributed by atoms with E-state index in [1.54, 1.807) is 0 Å². The van der Waals surface area contributed by atoms with Gasteiger partial charge in [-0.15, -0.1) is 0 Å². The van der Waals surface area contributed by atoms with Crippen LogP contribution in [0.4, 0.5) is 5.69 Å². The number of nitrogens with zero attached hydrogens (tertiary/aromatic N) is 2. The van der Waals surface area contributed by atoms with Crippen LogP contribution in [0.25, 0.3) is 0 Å². The van der Waals surface area contributed by atoms with Gasteiger partial charge >= 0.3 is 0 Å². The van der Waals surface area contributed by atoms with Gasteiger partial charge in [-0.1, -0.05) is 30.3 Å². The van der Waals surface area contributed by atoms with Crippen molar-refractivity contribution in [3.8, 4) is 0 Å². The third-order valence-corrected chi connectivity index (χ3v) is 5.29. The van der Waals surface area contributed by atoms with Gasteiger partial charge in [0.15, 0.2) is 0 Å². The van der Waals surface area contributed by atoms with Crippen molar-refractivity contribution in [2.45, 2.75) is 10.9 Å². The lowest BCUT2D eigenvalue weighted by Crippen LogP contribution is -2.12. The minimum atomic E-state index is -3.59. The normalized spacial score (nSPS) is 21.0. The van der Waals surface area contributed by atoms with Crippen LogP contribution in [0.1, 0.15) is 11.6 Å². The molecule has 21 heavy (non-hydrogen) atoms. The predicted octanol–water partition coefficient (Wildman–Crippen LogP) is 2.34. The van der Waals surface area contributed by atoms with Gasteiger partial charge in [0, 0.05) is 18.7 Å². The zero-order valence-electron chi connectivity index (χ0n) is 10.9. The molecular formula is C14H12N2O4S. The molecular weight excluding hydrogens is 292 g/mol. The molecule has 0 spiro atoms. The predicted molar refractivity (Wildman–Crippen MR) is 76.2 cm³/mol. The molecule has 0 aromatic heterocycles. The van der Waals surface area contributed by atoms with Gasteiger partial charge in [-0.3, -0.25) is 10.1 Å². The largest absolute Gasteiger partial charge is 0.269 e. The molecule has 2 aromatic carbocycles. The Morgan fingerprint density at radius 1 is 1.05 bits per heavy atom. The van der Waals surface area contributed by atoms with E-state index in [2.05, 4.69) is 0 Å². The third-order valence-electron chi connectivity index (χ3n) is 3.41. The summed E-state index contributed by atoms with van der Waals surface area (Å²) in [5, 5.41) is 10.6. The lowest BCUT2D eigenvalue weighted by Gasteiger charge is -2.06. The first kappa shape index (κ1) is 13.7. The highest BCUT2D eigenvalue weighted by molar-refractivity contribution is 7.89. The quantitative estimate of drug-likeness (QED) is 0.493. The molecule has 1 heterocycles. The maximum Gasteiger partial charge on any atom is 0.269 e. The Labute approximate surface area is 121 Å². The lowest BCUT2D eigenvalue weighted by atomic mass is 10.2. The molecule has 1 fully saturated rings. The smallest absolute Gasteiger partial charge is 0.258 e. The Hall–Kier alpha value is -2.25. The summed E-state index contributed by atoms with van der Waals surface area (Å²) in [4.78, 5) is 10.1. The molecule has 0 saturated carbocycles. The number of sulfonamides is 1. The highest BCUT2D eigenvalue weighted by Crippen LogP contribution is 2.40. The summed E-state index contributed by atoms with van der Waals surface area (Å²) >= 11 is 0. The highest BCUT2D eigenvalue weighted by atomic mass is 32.2. The van der Waals surface area contributed by atoms with Crippen LogP contribution in [0.2, 0.25) is 0 Å². The Kier molecular flexibility index (Phi) is 3.23. The summed E-state index contributed by atoms with van der Waals surface area (Å²) in [6.07, 6.45) is 0. The summed E-state index contributed by atoms with van der Waals surface area (Å²) in [6.45, 7) is 0.434. The van der Waals surface area contributed by atoms with E-state index >= 15 is 0 Å². The topological polar surface area (TPSA) is 80.3 Å². The molecule has 1 unspecified atom stereocenters. The Bertz CT molecular complexity index is 772. The van der Waals surface area contributed by atoms with Gasteiger partial charge in [0.1, 0.15) is 0 Å². The Morgan fingerprint density at radius 2 is 1.67 bits per heavy atom. The van der Waals surface area contributed by atoms with Crippen LogP contribution in [-0.2, 0) is 10.0 Å². The molecule has 0 N–H and O–H groups in total. The fourth-order valence-electron chi connectivity index (χ4n) is 2.21. The van der Waals surface area contributed by atoms with Gasteiger partial charge in [-0.25, -0.2) is 8.42 Å². The second kappa shape index (κ2) is 4.94. The molecule has 0 aliphatic carbocycles. The second-order valence-electron chi connectivity index (χ2n) is 4.75. The van der Waals surface area contributed by atoms with Gasteiger partial charge in [-0.2, -0.15) is 4.31 Å². The molecule has 2 aromatic rings. The maximum atomic E-state index is 12.4. The van der Waals surface area contributed by atoms with Crippen LogP contribution in [-0.4, -0.2) is 24.2 Å². The van der Waals surface area contributed by atoms with Crippen LogP contribution in [0.5, 0.6) is 0 Å². The fourth-order valence-corrected chi connectivity index (χ4v) is 3.76. The summed E-state index contributed by atoms with van der Waals surface area (Å²) in [5.41, 5.74) is 0.822. The molecule has 108 valence electrons. The van der Waals surface area contributed by atoms with E-state index in [0.29, 0.717) is 6.54 Å². The zero-order chi connectivity index (χ0) is 15.0. The minimum Gasteiger partial charge on any atom is -0.258 e. The first-order valence-corrected chi connectivity index (χ1v) is 7.75. The summed E-state index contributed by atoms with van der Waals surface area (Å²) in [6, 6.07) is 14.2. The number of rotatable bonds is 4. The van der Waals surface area contributed by atoms with Gasteiger partial charge in [0.2, 0.25) is 10.0 Å². The first-order chi connectivity index (χ1) is 10.00. The highest BCUT2D eigenvalue weighted by Gasteiger charge is 2.45. The number of nitro benzene ring substituents is 1. The molecule has 0 radical (unpaired) electrons. The first-order valence-electron chi connectivity index (χ1n) is 6.31. The van der Waals surface area contributed by atoms with E-state index in [1.165, 1.54) is 28.6 Å². The third kappa shape index (κ3) is 2.53. The molecule has 1 aliphatic rings. The molecule has 3 rings (SSSR count). The van der Waals surface area contributed by atoms with Crippen molar-refractivity contribution in [2.75, 3.05) is 6.54 Å². The molecule has 2 atom stereocenters. The fraction of sp³-hybridized carbons (Fsp3) is 0.143. The van der Waals surface area contributed by atoms with Crippen LogP contribution in [0.15, 0.2) is 59.5 Å². The van der Waals surface area contributed by atoms with Crippen molar-refractivity contribution in [3.05, 3.63) is 70.3 Å². The molecule has 1 aliphatic heterocycles. The van der Waals surface area contributed by atoms with Crippen molar-refractivity contribution in [1.82, 2.24) is 4.31 Å². The van der Waals surface area contributed by atoms with Gasteiger partial charge in [-0.05, 0) is 17.7 Å². The van der Waals surface area contributed by atoms with E-state index in [9.17, 15) is 18.5 Å². The minimum absolute atomic E-state index is 0.0755. The number of nitro groups is 1.